The molecule has 29 heavy (non-hydrogen) atoms. The smallest absolute Gasteiger partial charge is 0.264 e. The Morgan fingerprint density at radius 1 is 1.00 bits per heavy atom. The van der Waals surface area contributed by atoms with Crippen molar-refractivity contribution < 1.29 is 19.0 Å². The van der Waals surface area contributed by atoms with Gasteiger partial charge in [-0.1, -0.05) is 34.8 Å². The van der Waals surface area contributed by atoms with Crippen molar-refractivity contribution >= 4 is 57.2 Å². The van der Waals surface area contributed by atoms with Gasteiger partial charge in [-0.25, -0.2) is 4.98 Å². The number of hydrogen-bond donors (Lipinski definition) is 1. The highest BCUT2D eigenvalue weighted by Gasteiger charge is 2.13. The van der Waals surface area contributed by atoms with Crippen LogP contribution in [-0.2, 0) is 4.79 Å². The van der Waals surface area contributed by atoms with Crippen LogP contribution < -0.4 is 19.5 Å². The van der Waals surface area contributed by atoms with Crippen LogP contribution in [-0.4, -0.2) is 31.7 Å². The molecule has 3 aromatic rings. The topological polar surface area (TPSA) is 69.7 Å². The minimum absolute atomic E-state index is 0.261. The molecule has 0 bridgehead atoms. The summed E-state index contributed by atoms with van der Waals surface area (Å²) in [5.74, 6) is 1.09. The van der Waals surface area contributed by atoms with Crippen LogP contribution >= 0.6 is 46.1 Å². The number of methoxy groups -OCH3 is 2. The van der Waals surface area contributed by atoms with E-state index in [-0.39, 0.29) is 28.3 Å². The molecular weight excluding hydrogens is 459 g/mol. The minimum atomic E-state index is -0.389. The van der Waals surface area contributed by atoms with E-state index in [4.69, 9.17) is 49.0 Å². The van der Waals surface area contributed by atoms with Crippen molar-refractivity contribution in [2.24, 2.45) is 0 Å². The molecule has 0 saturated carbocycles. The first kappa shape index (κ1) is 21.5. The van der Waals surface area contributed by atoms with E-state index in [0.29, 0.717) is 27.3 Å². The molecule has 0 radical (unpaired) electrons. The Bertz CT molecular complexity index is 1040. The molecule has 0 saturated heterocycles. The molecule has 10 heteroatoms. The molecule has 0 aliphatic heterocycles. The lowest BCUT2D eigenvalue weighted by atomic mass is 10.1. The summed E-state index contributed by atoms with van der Waals surface area (Å²) in [6.45, 7) is -0.261. The standard InChI is InChI=1S/C19H15Cl3N2O4S/c1-26-15-4-3-10(5-17(15)27-2)14-9-29-19(23-14)24-18(25)8-28-16-7-12(21)11(20)6-13(16)22/h3-7,9H,8H2,1-2H3,(H,23,24,25). The number of nitrogens with zero attached hydrogens (tertiary/aromatic N) is 1. The fourth-order valence-corrected chi connectivity index (χ4v) is 3.70. The molecule has 152 valence electrons. The Morgan fingerprint density at radius 2 is 1.72 bits per heavy atom. The Kier molecular flexibility index (Phi) is 7.08. The van der Waals surface area contributed by atoms with Gasteiger partial charge < -0.3 is 14.2 Å². The molecule has 0 unspecified atom stereocenters. The van der Waals surface area contributed by atoms with Crippen LogP contribution in [0.5, 0.6) is 17.2 Å². The maximum absolute atomic E-state index is 12.2. The third-order valence-corrected chi connectivity index (χ3v) is 5.54. The zero-order valence-corrected chi connectivity index (χ0v) is 18.4. The summed E-state index contributed by atoms with van der Waals surface area (Å²) in [7, 11) is 3.13. The van der Waals surface area contributed by atoms with Gasteiger partial charge in [-0.2, -0.15) is 0 Å². The number of amides is 1. The summed E-state index contributed by atoms with van der Waals surface area (Å²) in [5, 5.41) is 5.79. The molecule has 0 fully saturated rings. The van der Waals surface area contributed by atoms with Crippen LogP contribution in [0.3, 0.4) is 0 Å². The van der Waals surface area contributed by atoms with Crippen LogP contribution in [0, 0.1) is 0 Å². The van der Waals surface area contributed by atoms with Gasteiger partial charge in [0, 0.05) is 17.0 Å². The van der Waals surface area contributed by atoms with E-state index < -0.39 is 0 Å². The summed E-state index contributed by atoms with van der Waals surface area (Å²) in [6.07, 6.45) is 0. The van der Waals surface area contributed by atoms with Crippen LogP contribution in [0.15, 0.2) is 35.7 Å². The van der Waals surface area contributed by atoms with E-state index in [1.807, 2.05) is 17.5 Å². The fraction of sp³-hybridized carbons (Fsp3) is 0.158. The number of hydrogen-bond acceptors (Lipinski definition) is 6. The van der Waals surface area contributed by atoms with Gasteiger partial charge in [0.25, 0.3) is 5.91 Å². The van der Waals surface area contributed by atoms with Crippen molar-refractivity contribution in [3.05, 3.63) is 50.8 Å². The third kappa shape index (κ3) is 5.25. The van der Waals surface area contributed by atoms with Crippen LogP contribution in [0.4, 0.5) is 5.13 Å². The van der Waals surface area contributed by atoms with Crippen LogP contribution in [0.25, 0.3) is 11.3 Å². The van der Waals surface area contributed by atoms with Gasteiger partial charge in [0.05, 0.1) is 35.0 Å². The highest BCUT2D eigenvalue weighted by molar-refractivity contribution is 7.14. The molecule has 1 aromatic heterocycles. The molecule has 3 rings (SSSR count). The normalized spacial score (nSPS) is 10.5. The first-order valence-electron chi connectivity index (χ1n) is 8.16. The van der Waals surface area contributed by atoms with Gasteiger partial charge in [-0.3, -0.25) is 10.1 Å². The number of carbonyl (C=O) groups is 1. The second-order valence-electron chi connectivity index (χ2n) is 5.64. The van der Waals surface area contributed by atoms with Gasteiger partial charge in [0.15, 0.2) is 23.2 Å². The van der Waals surface area contributed by atoms with E-state index in [1.165, 1.54) is 23.5 Å². The van der Waals surface area contributed by atoms with Crippen molar-refractivity contribution in [1.82, 2.24) is 4.98 Å². The number of halogens is 3. The summed E-state index contributed by atoms with van der Waals surface area (Å²) in [5.41, 5.74) is 1.53. The largest absolute Gasteiger partial charge is 0.493 e. The Balaban J connectivity index is 1.64. The zero-order valence-electron chi connectivity index (χ0n) is 15.3. The molecule has 0 spiro atoms. The van der Waals surface area contributed by atoms with Crippen molar-refractivity contribution in [3.63, 3.8) is 0 Å². The molecule has 0 aliphatic rings. The second kappa shape index (κ2) is 9.54. The summed E-state index contributed by atoms with van der Waals surface area (Å²) >= 11 is 19.1. The number of thiazole rings is 1. The predicted molar refractivity (Wildman–Crippen MR) is 116 cm³/mol. The van der Waals surface area contributed by atoms with Crippen molar-refractivity contribution in [2.45, 2.75) is 0 Å². The van der Waals surface area contributed by atoms with E-state index in [2.05, 4.69) is 10.3 Å². The maximum atomic E-state index is 12.2. The monoisotopic (exact) mass is 472 g/mol. The number of benzene rings is 2. The summed E-state index contributed by atoms with van der Waals surface area (Å²) < 4.78 is 16.0. The Morgan fingerprint density at radius 3 is 2.45 bits per heavy atom. The number of aromatic nitrogens is 1. The Labute approximate surface area is 186 Å². The molecule has 0 atom stereocenters. The first-order chi connectivity index (χ1) is 13.9. The zero-order chi connectivity index (χ0) is 21.0. The van der Waals surface area contributed by atoms with Crippen molar-refractivity contribution in [2.75, 3.05) is 26.1 Å². The lowest BCUT2D eigenvalue weighted by molar-refractivity contribution is -0.118. The fourth-order valence-electron chi connectivity index (χ4n) is 2.37. The summed E-state index contributed by atoms with van der Waals surface area (Å²) in [6, 6.07) is 8.37. The molecular formula is C19H15Cl3N2O4S. The van der Waals surface area contributed by atoms with E-state index in [0.717, 1.165) is 5.56 Å². The third-order valence-electron chi connectivity index (χ3n) is 3.76. The van der Waals surface area contributed by atoms with Crippen molar-refractivity contribution in [3.8, 4) is 28.5 Å². The van der Waals surface area contributed by atoms with Crippen molar-refractivity contribution in [1.29, 1.82) is 0 Å². The number of anilines is 1. The first-order valence-corrected chi connectivity index (χ1v) is 10.2. The predicted octanol–water partition coefficient (Wildman–Crippen LogP) is 5.81. The van der Waals surface area contributed by atoms with Gasteiger partial charge in [-0.05, 0) is 24.3 Å². The van der Waals surface area contributed by atoms with Gasteiger partial charge in [0.1, 0.15) is 5.75 Å². The second-order valence-corrected chi connectivity index (χ2v) is 7.72. The minimum Gasteiger partial charge on any atom is -0.493 e. The van der Waals surface area contributed by atoms with E-state index >= 15 is 0 Å². The Hall–Kier alpha value is -2.19. The van der Waals surface area contributed by atoms with Crippen LogP contribution in [0.1, 0.15) is 0 Å². The molecule has 2 aromatic carbocycles. The van der Waals surface area contributed by atoms with Crippen LogP contribution in [0.2, 0.25) is 15.1 Å². The van der Waals surface area contributed by atoms with E-state index in [1.54, 1.807) is 20.3 Å². The van der Waals surface area contributed by atoms with Gasteiger partial charge >= 0.3 is 0 Å². The highest BCUT2D eigenvalue weighted by Crippen LogP contribution is 2.35. The lowest BCUT2D eigenvalue weighted by Gasteiger charge is -2.09. The number of rotatable bonds is 7. The number of nitrogens with one attached hydrogen (secondary N) is 1. The lowest BCUT2D eigenvalue weighted by Crippen LogP contribution is -2.20. The van der Waals surface area contributed by atoms with Gasteiger partial charge in [-0.15, -0.1) is 11.3 Å². The average Bonchev–Trinajstić information content (AvgIpc) is 3.17. The molecule has 1 N–H and O–H groups in total. The maximum Gasteiger partial charge on any atom is 0.264 e. The quantitative estimate of drug-likeness (QED) is 0.439. The van der Waals surface area contributed by atoms with E-state index in [9.17, 15) is 4.79 Å². The molecule has 0 aliphatic carbocycles. The molecule has 1 amide bonds. The highest BCUT2D eigenvalue weighted by atomic mass is 35.5. The number of carbonyl (C=O) groups excluding carboxylic acids is 1. The summed E-state index contributed by atoms with van der Waals surface area (Å²) in [4.78, 5) is 16.6. The number of ether oxygens (including phenoxy) is 3. The molecule has 1 heterocycles. The average molecular weight is 474 g/mol. The SMILES string of the molecule is COc1ccc(-c2csc(NC(=O)COc3cc(Cl)c(Cl)cc3Cl)n2)cc1OC. The van der Waals surface area contributed by atoms with Gasteiger partial charge in [0.2, 0.25) is 0 Å². The molecule has 6 nitrogen and oxygen atoms in total.